The van der Waals surface area contributed by atoms with E-state index in [1.807, 2.05) is 40.9 Å². The molecule has 0 unspecified atom stereocenters. The number of nitrogens with zero attached hydrogens (tertiary/aromatic N) is 1. The number of aliphatic hydroxyl groups is 1. The second kappa shape index (κ2) is 10.7. The average Bonchev–Trinajstić information content (AvgIpc) is 3.06. The Balaban J connectivity index is 1.52. The molecule has 3 rings (SSSR count). The van der Waals surface area contributed by atoms with Crippen molar-refractivity contribution < 1.29 is 9.90 Å². The fourth-order valence-corrected chi connectivity index (χ4v) is 4.71. The van der Waals surface area contributed by atoms with Crippen LogP contribution < -0.4 is 0 Å². The first-order valence-corrected chi connectivity index (χ1v) is 11.5. The first-order chi connectivity index (χ1) is 13.7. The van der Waals surface area contributed by atoms with Crippen molar-refractivity contribution in [2.24, 2.45) is 0 Å². The molecule has 3 nitrogen and oxygen atoms in total. The molecule has 0 radical (unpaired) electrons. The molecule has 2 aromatic carbocycles. The van der Waals surface area contributed by atoms with Gasteiger partial charge >= 0.3 is 0 Å². The van der Waals surface area contributed by atoms with Crippen molar-refractivity contribution in [3.05, 3.63) is 60.2 Å². The molecule has 0 bridgehead atoms. The van der Waals surface area contributed by atoms with Crippen LogP contribution in [0.5, 0.6) is 0 Å². The van der Waals surface area contributed by atoms with E-state index in [2.05, 4.69) is 37.3 Å². The van der Waals surface area contributed by atoms with Crippen LogP contribution in [0.3, 0.4) is 0 Å². The average molecular weight is 398 g/mol. The minimum atomic E-state index is -0.530. The van der Waals surface area contributed by atoms with E-state index in [4.69, 9.17) is 0 Å². The van der Waals surface area contributed by atoms with Crippen molar-refractivity contribution in [3.63, 3.8) is 0 Å². The van der Waals surface area contributed by atoms with Gasteiger partial charge in [-0.2, -0.15) is 11.8 Å². The SMILES string of the molecule is CCCCSCCN1C(=O)CC[C@@H]1/C=C/[C@@H](O)Cc1ccc2ccccc2c1. The van der Waals surface area contributed by atoms with Crippen molar-refractivity contribution in [2.75, 3.05) is 18.1 Å². The van der Waals surface area contributed by atoms with Crippen LogP contribution in [0, 0.1) is 0 Å². The predicted octanol–water partition coefficient (Wildman–Crippen LogP) is 4.82. The summed E-state index contributed by atoms with van der Waals surface area (Å²) < 4.78 is 0. The Morgan fingerprint density at radius 2 is 2.04 bits per heavy atom. The van der Waals surface area contributed by atoms with Crippen LogP contribution in [0.15, 0.2) is 54.6 Å². The van der Waals surface area contributed by atoms with E-state index in [-0.39, 0.29) is 11.9 Å². The van der Waals surface area contributed by atoms with Gasteiger partial charge in [0.15, 0.2) is 0 Å². The third kappa shape index (κ3) is 5.86. The second-order valence-corrected chi connectivity index (χ2v) is 8.72. The third-order valence-electron chi connectivity index (χ3n) is 5.31. The van der Waals surface area contributed by atoms with Gasteiger partial charge in [0.05, 0.1) is 12.1 Å². The van der Waals surface area contributed by atoms with Gasteiger partial charge in [-0.1, -0.05) is 68.0 Å². The Bertz CT molecular complexity index is 804. The maximum Gasteiger partial charge on any atom is 0.223 e. The lowest BCUT2D eigenvalue weighted by Gasteiger charge is -2.22. The number of hydrogen-bond acceptors (Lipinski definition) is 3. The molecular formula is C24H31NO2S. The van der Waals surface area contributed by atoms with Gasteiger partial charge in [-0.05, 0) is 34.9 Å². The zero-order valence-corrected chi connectivity index (χ0v) is 17.5. The van der Waals surface area contributed by atoms with Crippen LogP contribution >= 0.6 is 11.8 Å². The van der Waals surface area contributed by atoms with Crippen LogP contribution in [0.25, 0.3) is 10.8 Å². The number of hydrogen-bond donors (Lipinski definition) is 1. The fourth-order valence-electron chi connectivity index (χ4n) is 3.69. The number of rotatable bonds is 10. The molecule has 1 aliphatic rings. The lowest BCUT2D eigenvalue weighted by molar-refractivity contribution is -0.128. The molecule has 1 aliphatic heterocycles. The number of carbonyl (C=O) groups is 1. The van der Waals surface area contributed by atoms with E-state index in [9.17, 15) is 9.90 Å². The molecule has 1 saturated heterocycles. The van der Waals surface area contributed by atoms with Gasteiger partial charge in [-0.25, -0.2) is 0 Å². The topological polar surface area (TPSA) is 40.5 Å². The maximum absolute atomic E-state index is 12.2. The molecule has 0 aromatic heterocycles. The van der Waals surface area contributed by atoms with Gasteiger partial charge in [-0.3, -0.25) is 4.79 Å². The number of likely N-dealkylation sites (tertiary alicyclic amines) is 1. The Kier molecular flexibility index (Phi) is 7.99. The van der Waals surface area contributed by atoms with E-state index in [1.165, 1.54) is 29.4 Å². The normalized spacial score (nSPS) is 18.4. The molecule has 150 valence electrons. The number of carbonyl (C=O) groups excluding carboxylic acids is 1. The summed E-state index contributed by atoms with van der Waals surface area (Å²) in [6.07, 6.45) is 7.90. The van der Waals surface area contributed by atoms with E-state index < -0.39 is 6.10 Å². The molecule has 0 spiro atoms. The fraction of sp³-hybridized carbons (Fsp3) is 0.458. The minimum absolute atomic E-state index is 0.130. The molecule has 1 heterocycles. The van der Waals surface area contributed by atoms with Crippen LogP contribution in [0.4, 0.5) is 0 Å². The Morgan fingerprint density at radius 1 is 1.21 bits per heavy atom. The monoisotopic (exact) mass is 397 g/mol. The second-order valence-electron chi connectivity index (χ2n) is 7.50. The largest absolute Gasteiger partial charge is 0.389 e. The summed E-state index contributed by atoms with van der Waals surface area (Å²) in [4.78, 5) is 14.2. The first-order valence-electron chi connectivity index (χ1n) is 10.4. The lowest BCUT2D eigenvalue weighted by Crippen LogP contribution is -2.34. The van der Waals surface area contributed by atoms with Crippen molar-refractivity contribution in [1.29, 1.82) is 0 Å². The van der Waals surface area contributed by atoms with E-state index in [0.29, 0.717) is 12.8 Å². The molecule has 1 amide bonds. The van der Waals surface area contributed by atoms with Crippen molar-refractivity contribution >= 4 is 28.4 Å². The highest BCUT2D eigenvalue weighted by molar-refractivity contribution is 7.99. The van der Waals surface area contributed by atoms with Gasteiger partial charge in [0.1, 0.15) is 0 Å². The molecule has 2 aromatic rings. The number of thioether (sulfide) groups is 1. The van der Waals surface area contributed by atoms with Crippen molar-refractivity contribution in [2.45, 2.75) is 51.2 Å². The Labute approximate surface area is 172 Å². The number of unbranched alkanes of at least 4 members (excludes halogenated alkanes) is 1. The molecular weight excluding hydrogens is 366 g/mol. The van der Waals surface area contributed by atoms with E-state index in [0.717, 1.165) is 24.3 Å². The Hall–Kier alpha value is -1.78. The molecule has 28 heavy (non-hydrogen) atoms. The molecule has 0 aliphatic carbocycles. The van der Waals surface area contributed by atoms with Crippen LogP contribution in [0.1, 0.15) is 38.2 Å². The highest BCUT2D eigenvalue weighted by Crippen LogP contribution is 2.21. The first kappa shape index (κ1) is 20.9. The smallest absolute Gasteiger partial charge is 0.223 e. The highest BCUT2D eigenvalue weighted by atomic mass is 32.2. The van der Waals surface area contributed by atoms with E-state index >= 15 is 0 Å². The summed E-state index contributed by atoms with van der Waals surface area (Å²) in [5.74, 6) is 2.41. The van der Waals surface area contributed by atoms with Crippen LogP contribution in [-0.4, -0.2) is 46.1 Å². The Morgan fingerprint density at radius 3 is 2.86 bits per heavy atom. The van der Waals surface area contributed by atoms with Gasteiger partial charge < -0.3 is 10.0 Å². The number of benzene rings is 2. The van der Waals surface area contributed by atoms with Gasteiger partial charge in [0, 0.05) is 25.1 Å². The quantitative estimate of drug-likeness (QED) is 0.461. The zero-order valence-electron chi connectivity index (χ0n) is 16.7. The van der Waals surface area contributed by atoms with Crippen molar-refractivity contribution in [1.82, 2.24) is 4.90 Å². The maximum atomic E-state index is 12.2. The predicted molar refractivity (Wildman–Crippen MR) is 120 cm³/mol. The molecule has 1 fully saturated rings. The molecule has 0 saturated carbocycles. The van der Waals surface area contributed by atoms with Crippen LogP contribution in [-0.2, 0) is 11.2 Å². The molecule has 2 atom stereocenters. The summed E-state index contributed by atoms with van der Waals surface area (Å²) in [7, 11) is 0. The lowest BCUT2D eigenvalue weighted by atomic mass is 10.0. The van der Waals surface area contributed by atoms with Crippen molar-refractivity contribution in [3.8, 4) is 0 Å². The number of fused-ring (bicyclic) bond motifs is 1. The third-order valence-corrected chi connectivity index (χ3v) is 6.36. The molecule has 1 N–H and O–H groups in total. The standard InChI is InChI=1S/C24H31NO2S/c1-2-3-15-28-16-14-25-22(11-13-24(25)27)10-12-23(26)18-19-8-9-20-6-4-5-7-21(20)17-19/h4-10,12,17,22-23,26H,2-3,11,13-16,18H2,1H3/b12-10+/t22-,23+/m0/s1. The summed E-state index contributed by atoms with van der Waals surface area (Å²) in [6, 6.07) is 14.7. The molecule has 4 heteroatoms. The summed E-state index contributed by atoms with van der Waals surface area (Å²) >= 11 is 1.93. The number of amides is 1. The highest BCUT2D eigenvalue weighted by Gasteiger charge is 2.28. The van der Waals surface area contributed by atoms with Gasteiger partial charge in [-0.15, -0.1) is 0 Å². The zero-order chi connectivity index (χ0) is 19.8. The summed E-state index contributed by atoms with van der Waals surface area (Å²) in [5, 5.41) is 12.9. The summed E-state index contributed by atoms with van der Waals surface area (Å²) in [5.41, 5.74) is 1.13. The van der Waals surface area contributed by atoms with Crippen LogP contribution in [0.2, 0.25) is 0 Å². The summed E-state index contributed by atoms with van der Waals surface area (Å²) in [6.45, 7) is 3.01. The minimum Gasteiger partial charge on any atom is -0.389 e. The van der Waals surface area contributed by atoms with E-state index in [1.54, 1.807) is 0 Å². The van der Waals surface area contributed by atoms with Gasteiger partial charge in [0.25, 0.3) is 0 Å². The van der Waals surface area contributed by atoms with Gasteiger partial charge in [0.2, 0.25) is 5.91 Å². The number of aliphatic hydroxyl groups excluding tert-OH is 1.